The summed E-state index contributed by atoms with van der Waals surface area (Å²) in [6.45, 7) is 1.93. The Morgan fingerprint density at radius 3 is 2.62 bits per heavy atom. The van der Waals surface area contributed by atoms with Crippen molar-refractivity contribution in [3.63, 3.8) is 0 Å². The third-order valence-corrected chi connectivity index (χ3v) is 3.81. The highest BCUT2D eigenvalue weighted by Gasteiger charge is 1.92. The van der Waals surface area contributed by atoms with Crippen LogP contribution in [0.3, 0.4) is 0 Å². The second kappa shape index (κ2) is 10.2. The predicted octanol–water partition coefficient (Wildman–Crippen LogP) is 1.07. The lowest BCUT2D eigenvalue weighted by Crippen LogP contribution is -2.14. The van der Waals surface area contributed by atoms with Crippen LogP contribution in [-0.2, 0) is 4.79 Å². The first kappa shape index (κ1) is 13.1. The maximum absolute atomic E-state index is 9.89. The standard InChI is InChI=1S/C8H18N2OS2/c1-10(2)5-7-13-12-6-3-4-9-8-11/h8H,3-7H2,1-2H3,(H,9,11). The van der Waals surface area contributed by atoms with Crippen LogP contribution >= 0.6 is 21.6 Å². The van der Waals surface area contributed by atoms with Crippen molar-refractivity contribution in [3.8, 4) is 0 Å². The topological polar surface area (TPSA) is 32.3 Å². The zero-order valence-electron chi connectivity index (χ0n) is 8.28. The van der Waals surface area contributed by atoms with Gasteiger partial charge in [0.2, 0.25) is 6.41 Å². The summed E-state index contributed by atoms with van der Waals surface area (Å²) in [5.74, 6) is 2.28. The molecule has 1 N–H and O–H groups in total. The Bertz CT molecular complexity index is 123. The summed E-state index contributed by atoms with van der Waals surface area (Å²) in [5, 5.41) is 2.65. The van der Waals surface area contributed by atoms with E-state index in [4.69, 9.17) is 0 Å². The van der Waals surface area contributed by atoms with Gasteiger partial charge in [-0.05, 0) is 20.5 Å². The molecule has 0 saturated heterocycles. The van der Waals surface area contributed by atoms with Crippen LogP contribution in [0.25, 0.3) is 0 Å². The molecule has 0 spiro atoms. The van der Waals surface area contributed by atoms with Crippen LogP contribution in [0.5, 0.6) is 0 Å². The van der Waals surface area contributed by atoms with Crippen LogP contribution in [0, 0.1) is 0 Å². The molecule has 0 heterocycles. The van der Waals surface area contributed by atoms with Crippen molar-refractivity contribution in [2.75, 3.05) is 38.7 Å². The van der Waals surface area contributed by atoms with E-state index in [0.717, 1.165) is 31.7 Å². The summed E-state index contributed by atoms with van der Waals surface area (Å²) < 4.78 is 0. The molecule has 13 heavy (non-hydrogen) atoms. The highest BCUT2D eigenvalue weighted by atomic mass is 33.1. The van der Waals surface area contributed by atoms with Gasteiger partial charge >= 0.3 is 0 Å². The van der Waals surface area contributed by atoms with E-state index in [-0.39, 0.29) is 0 Å². The van der Waals surface area contributed by atoms with Crippen molar-refractivity contribution >= 4 is 28.0 Å². The molecule has 0 aromatic carbocycles. The van der Waals surface area contributed by atoms with Gasteiger partial charge in [-0.1, -0.05) is 21.6 Å². The zero-order valence-corrected chi connectivity index (χ0v) is 9.92. The SMILES string of the molecule is CN(C)CCSSCCCNC=O. The fraction of sp³-hybridized carbons (Fsp3) is 0.875. The molecule has 1 amide bonds. The van der Waals surface area contributed by atoms with Crippen LogP contribution in [-0.4, -0.2) is 50.0 Å². The Kier molecular flexibility index (Phi) is 10.3. The summed E-state index contributed by atoms with van der Waals surface area (Å²) in [5.41, 5.74) is 0. The van der Waals surface area contributed by atoms with Crippen molar-refractivity contribution in [2.24, 2.45) is 0 Å². The number of carbonyl (C=O) groups excluding carboxylic acids is 1. The number of rotatable bonds is 9. The molecule has 0 aromatic heterocycles. The Morgan fingerprint density at radius 1 is 1.31 bits per heavy atom. The first-order valence-corrected chi connectivity index (χ1v) is 6.82. The van der Waals surface area contributed by atoms with E-state index in [1.54, 1.807) is 0 Å². The van der Waals surface area contributed by atoms with Crippen molar-refractivity contribution in [3.05, 3.63) is 0 Å². The lowest BCUT2D eigenvalue weighted by Gasteiger charge is -2.07. The van der Waals surface area contributed by atoms with Crippen LogP contribution in [0.1, 0.15) is 6.42 Å². The summed E-state index contributed by atoms with van der Waals surface area (Å²) in [6.07, 6.45) is 1.81. The molecule has 0 bridgehead atoms. The van der Waals surface area contributed by atoms with Gasteiger partial charge in [-0.2, -0.15) is 0 Å². The summed E-state index contributed by atoms with van der Waals surface area (Å²) in [7, 11) is 7.94. The zero-order chi connectivity index (χ0) is 9.94. The first-order chi connectivity index (χ1) is 6.27. The average Bonchev–Trinajstić information content (AvgIpc) is 2.09. The fourth-order valence-corrected chi connectivity index (χ4v) is 2.85. The van der Waals surface area contributed by atoms with E-state index in [1.807, 2.05) is 21.6 Å². The van der Waals surface area contributed by atoms with Crippen molar-refractivity contribution in [1.82, 2.24) is 10.2 Å². The Morgan fingerprint density at radius 2 is 2.00 bits per heavy atom. The Hall–Kier alpha value is 0.130. The van der Waals surface area contributed by atoms with Gasteiger partial charge in [-0.15, -0.1) is 0 Å². The molecule has 0 saturated carbocycles. The molecule has 0 radical (unpaired) electrons. The van der Waals surface area contributed by atoms with E-state index in [2.05, 4.69) is 24.3 Å². The number of hydrogen-bond acceptors (Lipinski definition) is 4. The minimum Gasteiger partial charge on any atom is -0.359 e. The highest BCUT2D eigenvalue weighted by Crippen LogP contribution is 2.21. The molecule has 0 aliphatic rings. The largest absolute Gasteiger partial charge is 0.359 e. The molecule has 0 aromatic rings. The maximum atomic E-state index is 9.89. The summed E-state index contributed by atoms with van der Waals surface area (Å²) in [4.78, 5) is 12.1. The van der Waals surface area contributed by atoms with Gasteiger partial charge < -0.3 is 10.2 Å². The van der Waals surface area contributed by atoms with Crippen molar-refractivity contribution in [2.45, 2.75) is 6.42 Å². The van der Waals surface area contributed by atoms with Crippen LogP contribution < -0.4 is 5.32 Å². The monoisotopic (exact) mass is 222 g/mol. The minimum atomic E-state index is 0.754. The van der Waals surface area contributed by atoms with Crippen LogP contribution in [0.4, 0.5) is 0 Å². The Labute approximate surface area is 88.4 Å². The maximum Gasteiger partial charge on any atom is 0.207 e. The molecule has 0 unspecified atom stereocenters. The lowest BCUT2D eigenvalue weighted by molar-refractivity contribution is -0.109. The van der Waals surface area contributed by atoms with E-state index in [0.29, 0.717) is 0 Å². The molecule has 5 heteroatoms. The van der Waals surface area contributed by atoms with Gasteiger partial charge in [0.15, 0.2) is 0 Å². The number of amides is 1. The van der Waals surface area contributed by atoms with Gasteiger partial charge in [0.05, 0.1) is 0 Å². The minimum absolute atomic E-state index is 0.754. The van der Waals surface area contributed by atoms with E-state index < -0.39 is 0 Å². The second-order valence-corrected chi connectivity index (χ2v) is 5.57. The van der Waals surface area contributed by atoms with Gasteiger partial charge in [0, 0.05) is 24.6 Å². The van der Waals surface area contributed by atoms with Gasteiger partial charge in [-0.3, -0.25) is 4.79 Å². The molecule has 0 aliphatic heterocycles. The quantitative estimate of drug-likeness (QED) is 0.359. The summed E-state index contributed by atoms with van der Waals surface area (Å²) in [6, 6.07) is 0. The van der Waals surface area contributed by atoms with Crippen LogP contribution in [0.2, 0.25) is 0 Å². The second-order valence-electron chi connectivity index (χ2n) is 2.87. The predicted molar refractivity (Wildman–Crippen MR) is 62.2 cm³/mol. The summed E-state index contributed by atoms with van der Waals surface area (Å²) >= 11 is 0. The molecule has 3 nitrogen and oxygen atoms in total. The molecule has 0 rings (SSSR count). The number of hydrogen-bond donors (Lipinski definition) is 1. The van der Waals surface area contributed by atoms with Crippen LogP contribution in [0.15, 0.2) is 0 Å². The highest BCUT2D eigenvalue weighted by molar-refractivity contribution is 8.76. The average molecular weight is 222 g/mol. The number of carbonyl (C=O) groups is 1. The third-order valence-electron chi connectivity index (χ3n) is 1.34. The van der Waals surface area contributed by atoms with Crippen molar-refractivity contribution in [1.29, 1.82) is 0 Å². The number of nitrogens with one attached hydrogen (secondary N) is 1. The third kappa shape index (κ3) is 12.1. The number of nitrogens with zero attached hydrogens (tertiary/aromatic N) is 1. The molecular weight excluding hydrogens is 204 g/mol. The van der Waals surface area contributed by atoms with Crippen molar-refractivity contribution < 1.29 is 4.79 Å². The first-order valence-electron chi connectivity index (χ1n) is 4.33. The fourth-order valence-electron chi connectivity index (χ4n) is 0.630. The molecular formula is C8H18N2OS2. The van der Waals surface area contributed by atoms with Gasteiger partial charge in [-0.25, -0.2) is 0 Å². The normalized spacial score (nSPS) is 10.4. The smallest absolute Gasteiger partial charge is 0.207 e. The molecule has 0 fully saturated rings. The Balaban J connectivity index is 2.87. The van der Waals surface area contributed by atoms with Gasteiger partial charge in [0.25, 0.3) is 0 Å². The molecule has 0 atom stereocenters. The lowest BCUT2D eigenvalue weighted by atomic mass is 10.5. The van der Waals surface area contributed by atoms with E-state index >= 15 is 0 Å². The molecule has 78 valence electrons. The molecule has 0 aliphatic carbocycles. The van der Waals surface area contributed by atoms with E-state index in [9.17, 15) is 4.79 Å². The van der Waals surface area contributed by atoms with E-state index in [1.165, 1.54) is 5.75 Å². The van der Waals surface area contributed by atoms with Gasteiger partial charge in [0.1, 0.15) is 0 Å².